The number of rotatable bonds is 9. The third-order valence-electron chi connectivity index (χ3n) is 5.90. The van der Waals surface area contributed by atoms with Crippen LogP contribution in [0.4, 0.5) is 10.1 Å². The van der Waals surface area contributed by atoms with Crippen molar-refractivity contribution in [1.82, 2.24) is 9.55 Å². The maximum absolute atomic E-state index is 13.5. The van der Waals surface area contributed by atoms with Crippen LogP contribution in [0.5, 0.6) is 0 Å². The topological polar surface area (TPSA) is 64.0 Å². The Balaban J connectivity index is 1.35. The first kappa shape index (κ1) is 24.7. The van der Waals surface area contributed by atoms with E-state index in [1.54, 1.807) is 22.8 Å². The summed E-state index contributed by atoms with van der Waals surface area (Å²) in [6.45, 7) is 4.08. The standard InChI is InChI=1S/C28H28FN3O2S/c1-19-11-14-22(18-20(19)2)30-26(33)10-4-3-7-17-35-28-31-25-9-6-5-8-24(25)27(34)32(28)23-15-12-21(29)13-16-23/h5-6,8-9,11-16,18H,3-4,7,10,17H2,1-2H3,(H,30,33). The van der Waals surface area contributed by atoms with Gasteiger partial charge in [0.2, 0.25) is 5.91 Å². The third kappa shape index (κ3) is 6.17. The average Bonchev–Trinajstić information content (AvgIpc) is 2.84. The van der Waals surface area contributed by atoms with Crippen LogP contribution in [0.3, 0.4) is 0 Å². The summed E-state index contributed by atoms with van der Waals surface area (Å²) in [5, 5.41) is 4.06. The molecule has 0 saturated heterocycles. The molecule has 0 atom stereocenters. The van der Waals surface area contributed by atoms with E-state index >= 15 is 0 Å². The number of para-hydroxylation sites is 1. The highest BCUT2D eigenvalue weighted by molar-refractivity contribution is 7.99. The number of anilines is 1. The van der Waals surface area contributed by atoms with Crippen LogP contribution in [-0.4, -0.2) is 21.2 Å². The van der Waals surface area contributed by atoms with E-state index in [9.17, 15) is 14.0 Å². The molecule has 1 aromatic heterocycles. The second kappa shape index (κ2) is 11.3. The fourth-order valence-electron chi connectivity index (χ4n) is 3.80. The molecule has 0 aliphatic heterocycles. The van der Waals surface area contributed by atoms with Gasteiger partial charge in [-0.3, -0.25) is 14.2 Å². The van der Waals surface area contributed by atoms with Crippen molar-refractivity contribution in [2.75, 3.05) is 11.1 Å². The highest BCUT2D eigenvalue weighted by atomic mass is 32.2. The number of hydrogen-bond acceptors (Lipinski definition) is 4. The van der Waals surface area contributed by atoms with Crippen molar-refractivity contribution in [3.63, 3.8) is 0 Å². The van der Waals surface area contributed by atoms with Gasteiger partial charge in [-0.1, -0.05) is 36.4 Å². The van der Waals surface area contributed by atoms with Crippen LogP contribution >= 0.6 is 11.8 Å². The Hall–Kier alpha value is -3.45. The Kier molecular flexibility index (Phi) is 7.98. The number of nitrogens with one attached hydrogen (secondary N) is 1. The lowest BCUT2D eigenvalue weighted by atomic mass is 10.1. The lowest BCUT2D eigenvalue weighted by Crippen LogP contribution is -2.21. The smallest absolute Gasteiger partial charge is 0.266 e. The van der Waals surface area contributed by atoms with Crippen LogP contribution in [0.2, 0.25) is 0 Å². The van der Waals surface area contributed by atoms with Crippen LogP contribution in [0.1, 0.15) is 36.8 Å². The summed E-state index contributed by atoms with van der Waals surface area (Å²) in [6.07, 6.45) is 3.02. The maximum atomic E-state index is 13.5. The van der Waals surface area contributed by atoms with Crippen LogP contribution in [0.25, 0.3) is 16.6 Å². The predicted octanol–water partition coefficient (Wildman–Crippen LogP) is 6.43. The number of hydrogen-bond donors (Lipinski definition) is 1. The van der Waals surface area contributed by atoms with Crippen molar-refractivity contribution in [2.45, 2.75) is 44.7 Å². The lowest BCUT2D eigenvalue weighted by Gasteiger charge is -2.13. The van der Waals surface area contributed by atoms with Gasteiger partial charge in [0, 0.05) is 17.9 Å². The van der Waals surface area contributed by atoms with Gasteiger partial charge in [-0.2, -0.15) is 0 Å². The lowest BCUT2D eigenvalue weighted by molar-refractivity contribution is -0.116. The number of fused-ring (bicyclic) bond motifs is 1. The minimum Gasteiger partial charge on any atom is -0.326 e. The van der Waals surface area contributed by atoms with Crippen molar-refractivity contribution >= 4 is 34.3 Å². The zero-order valence-corrected chi connectivity index (χ0v) is 20.7. The molecule has 5 nitrogen and oxygen atoms in total. The number of amides is 1. The second-order valence-corrected chi connectivity index (χ2v) is 9.60. The monoisotopic (exact) mass is 489 g/mol. The first-order chi connectivity index (χ1) is 16.9. The number of thioether (sulfide) groups is 1. The number of aryl methyl sites for hydroxylation is 2. The molecule has 4 rings (SSSR count). The second-order valence-electron chi connectivity index (χ2n) is 8.53. The molecule has 0 bridgehead atoms. The molecule has 1 heterocycles. The van der Waals surface area contributed by atoms with E-state index in [1.165, 1.54) is 29.5 Å². The third-order valence-corrected chi connectivity index (χ3v) is 6.92. The summed E-state index contributed by atoms with van der Waals surface area (Å²) >= 11 is 1.50. The number of aromatic nitrogens is 2. The van der Waals surface area contributed by atoms with Crippen LogP contribution in [0.15, 0.2) is 76.7 Å². The molecule has 1 N–H and O–H groups in total. The zero-order chi connectivity index (χ0) is 24.8. The summed E-state index contributed by atoms with van der Waals surface area (Å²) in [6, 6.07) is 19.0. The van der Waals surface area contributed by atoms with Crippen molar-refractivity contribution in [3.8, 4) is 5.69 Å². The minimum atomic E-state index is -0.355. The van der Waals surface area contributed by atoms with E-state index in [4.69, 9.17) is 4.98 Å². The Labute approximate surface area is 208 Å². The molecule has 180 valence electrons. The quantitative estimate of drug-likeness (QED) is 0.167. The fraction of sp³-hybridized carbons (Fsp3) is 0.250. The molecule has 0 spiro atoms. The first-order valence-electron chi connectivity index (χ1n) is 11.7. The molecule has 35 heavy (non-hydrogen) atoms. The van der Waals surface area contributed by atoms with Gasteiger partial charge in [-0.05, 0) is 86.3 Å². The Morgan fingerprint density at radius 1 is 0.971 bits per heavy atom. The largest absolute Gasteiger partial charge is 0.326 e. The van der Waals surface area contributed by atoms with Gasteiger partial charge in [0.05, 0.1) is 16.6 Å². The van der Waals surface area contributed by atoms with E-state index in [0.29, 0.717) is 28.2 Å². The number of unbranched alkanes of at least 4 members (excludes halogenated alkanes) is 2. The molecule has 1 amide bonds. The molecule has 0 radical (unpaired) electrons. The van der Waals surface area contributed by atoms with E-state index in [0.717, 1.165) is 36.3 Å². The van der Waals surface area contributed by atoms with Crippen molar-refractivity contribution in [1.29, 1.82) is 0 Å². The van der Waals surface area contributed by atoms with E-state index in [-0.39, 0.29) is 17.3 Å². The number of nitrogens with zero attached hydrogens (tertiary/aromatic N) is 2. The Morgan fingerprint density at radius 3 is 2.51 bits per heavy atom. The van der Waals surface area contributed by atoms with Gasteiger partial charge in [0.1, 0.15) is 5.82 Å². The molecule has 3 aromatic carbocycles. The Morgan fingerprint density at radius 2 is 1.74 bits per heavy atom. The molecule has 0 unspecified atom stereocenters. The number of benzene rings is 3. The van der Waals surface area contributed by atoms with Crippen LogP contribution in [0, 0.1) is 19.7 Å². The zero-order valence-electron chi connectivity index (χ0n) is 19.9. The highest BCUT2D eigenvalue weighted by Crippen LogP contribution is 2.23. The highest BCUT2D eigenvalue weighted by Gasteiger charge is 2.13. The van der Waals surface area contributed by atoms with E-state index < -0.39 is 0 Å². The molecule has 0 saturated carbocycles. The average molecular weight is 490 g/mol. The molecular weight excluding hydrogens is 461 g/mol. The summed E-state index contributed by atoms with van der Waals surface area (Å²) < 4.78 is 15.0. The number of carbonyl (C=O) groups is 1. The summed E-state index contributed by atoms with van der Waals surface area (Å²) in [5.74, 6) is 0.415. The van der Waals surface area contributed by atoms with Crippen LogP contribution < -0.4 is 10.9 Å². The van der Waals surface area contributed by atoms with Gasteiger partial charge < -0.3 is 5.32 Å². The van der Waals surface area contributed by atoms with Crippen molar-refractivity contribution in [3.05, 3.63) is 94.0 Å². The molecular formula is C28H28FN3O2S. The minimum absolute atomic E-state index is 0.0160. The normalized spacial score (nSPS) is 11.1. The summed E-state index contributed by atoms with van der Waals surface area (Å²) in [4.78, 5) is 30.2. The molecule has 4 aromatic rings. The van der Waals surface area contributed by atoms with Gasteiger partial charge in [0.15, 0.2) is 5.16 Å². The maximum Gasteiger partial charge on any atom is 0.266 e. The molecule has 0 fully saturated rings. The van der Waals surface area contributed by atoms with E-state index in [2.05, 4.69) is 5.32 Å². The van der Waals surface area contributed by atoms with E-state index in [1.807, 2.05) is 50.2 Å². The summed E-state index contributed by atoms with van der Waals surface area (Å²) in [5.41, 5.74) is 4.23. The van der Waals surface area contributed by atoms with Gasteiger partial charge in [-0.25, -0.2) is 9.37 Å². The molecule has 0 aliphatic rings. The number of halogens is 1. The van der Waals surface area contributed by atoms with Crippen molar-refractivity contribution < 1.29 is 9.18 Å². The van der Waals surface area contributed by atoms with Crippen LogP contribution in [-0.2, 0) is 4.79 Å². The van der Waals surface area contributed by atoms with Gasteiger partial charge in [0.25, 0.3) is 5.56 Å². The predicted molar refractivity (Wildman–Crippen MR) is 141 cm³/mol. The first-order valence-corrected chi connectivity index (χ1v) is 12.7. The SMILES string of the molecule is Cc1ccc(NC(=O)CCCCCSc2nc3ccccc3c(=O)n2-c2ccc(F)cc2)cc1C. The summed E-state index contributed by atoms with van der Waals surface area (Å²) in [7, 11) is 0. The van der Waals surface area contributed by atoms with Gasteiger partial charge in [-0.15, -0.1) is 0 Å². The Bertz CT molecular complexity index is 1400. The fourth-order valence-corrected chi connectivity index (χ4v) is 4.81. The van der Waals surface area contributed by atoms with Gasteiger partial charge >= 0.3 is 0 Å². The van der Waals surface area contributed by atoms with Crippen molar-refractivity contribution in [2.24, 2.45) is 0 Å². The molecule has 7 heteroatoms. The number of carbonyl (C=O) groups excluding carboxylic acids is 1. The molecule has 0 aliphatic carbocycles.